The lowest BCUT2D eigenvalue weighted by molar-refractivity contribution is -0.148. The summed E-state index contributed by atoms with van der Waals surface area (Å²) >= 11 is 0. The Kier molecular flexibility index (Phi) is 3.70. The first-order chi connectivity index (χ1) is 9.02. The van der Waals surface area contributed by atoms with Crippen molar-refractivity contribution in [3.8, 4) is 0 Å². The van der Waals surface area contributed by atoms with Crippen molar-refractivity contribution in [2.24, 2.45) is 5.41 Å². The average Bonchev–Trinajstić information content (AvgIpc) is 2.98. The summed E-state index contributed by atoms with van der Waals surface area (Å²) < 4.78 is 9.96. The van der Waals surface area contributed by atoms with Gasteiger partial charge < -0.3 is 25.0 Å². The molecular formula is C11H15N3O5. The maximum Gasteiger partial charge on any atom is 0.315 e. The lowest BCUT2D eigenvalue weighted by atomic mass is 9.85. The molecule has 0 aromatic carbocycles. The second-order valence-corrected chi connectivity index (χ2v) is 4.60. The molecule has 0 aliphatic carbocycles. The van der Waals surface area contributed by atoms with E-state index in [1.807, 2.05) is 0 Å². The molecule has 8 heteroatoms. The van der Waals surface area contributed by atoms with Gasteiger partial charge in [0.05, 0.1) is 32.0 Å². The summed E-state index contributed by atoms with van der Waals surface area (Å²) in [6, 6.07) is 0.583. The molecule has 1 saturated heterocycles. The third-order valence-corrected chi connectivity index (χ3v) is 3.16. The van der Waals surface area contributed by atoms with E-state index in [1.54, 1.807) is 13.0 Å². The van der Waals surface area contributed by atoms with Gasteiger partial charge in [-0.05, 0) is 6.92 Å². The Bertz CT molecular complexity index is 461. The van der Waals surface area contributed by atoms with Crippen molar-refractivity contribution in [1.29, 1.82) is 0 Å². The van der Waals surface area contributed by atoms with Crippen molar-refractivity contribution in [3.63, 3.8) is 0 Å². The number of carbonyl (C=O) groups is 2. The molecule has 1 aliphatic rings. The van der Waals surface area contributed by atoms with Crippen LogP contribution in [0.2, 0.25) is 0 Å². The van der Waals surface area contributed by atoms with Crippen LogP contribution < -0.4 is 10.6 Å². The third kappa shape index (κ3) is 2.84. The Morgan fingerprint density at radius 1 is 1.63 bits per heavy atom. The molecule has 8 nitrogen and oxygen atoms in total. The van der Waals surface area contributed by atoms with E-state index in [0.29, 0.717) is 5.76 Å². The molecule has 2 atom stereocenters. The van der Waals surface area contributed by atoms with Gasteiger partial charge in [-0.1, -0.05) is 5.16 Å². The SMILES string of the molecule is CC1(C(=O)O)COCC1NC(=O)NCc1ccno1. The fraction of sp³-hybridized carbons (Fsp3) is 0.545. The molecule has 1 aromatic rings. The van der Waals surface area contributed by atoms with Crippen molar-refractivity contribution < 1.29 is 24.0 Å². The molecule has 0 spiro atoms. The summed E-state index contributed by atoms with van der Waals surface area (Å²) in [7, 11) is 0. The number of amides is 2. The first-order valence-corrected chi connectivity index (χ1v) is 5.77. The van der Waals surface area contributed by atoms with Gasteiger partial charge in [0, 0.05) is 6.07 Å². The second kappa shape index (κ2) is 5.27. The van der Waals surface area contributed by atoms with Gasteiger partial charge in [0.2, 0.25) is 0 Å². The van der Waals surface area contributed by atoms with Gasteiger partial charge in [-0.3, -0.25) is 4.79 Å². The first-order valence-electron chi connectivity index (χ1n) is 5.77. The molecule has 104 valence electrons. The fourth-order valence-corrected chi connectivity index (χ4v) is 1.80. The number of carboxylic acid groups (broad SMARTS) is 1. The van der Waals surface area contributed by atoms with E-state index in [2.05, 4.69) is 15.8 Å². The molecular weight excluding hydrogens is 254 g/mol. The van der Waals surface area contributed by atoms with Gasteiger partial charge in [0.15, 0.2) is 5.76 Å². The quantitative estimate of drug-likeness (QED) is 0.707. The fourth-order valence-electron chi connectivity index (χ4n) is 1.80. The summed E-state index contributed by atoms with van der Waals surface area (Å²) in [5, 5.41) is 17.8. The number of urea groups is 1. The molecule has 2 rings (SSSR count). The van der Waals surface area contributed by atoms with E-state index in [9.17, 15) is 9.59 Å². The Labute approximate surface area is 109 Å². The van der Waals surface area contributed by atoms with Crippen LogP contribution in [0.4, 0.5) is 4.79 Å². The standard InChI is InChI=1S/C11H15N3O5/c1-11(9(15)16)6-18-5-8(11)14-10(17)12-4-7-2-3-13-19-7/h2-3,8H,4-6H2,1H3,(H,15,16)(H2,12,14,17). The summed E-state index contributed by atoms with van der Waals surface area (Å²) in [6.45, 7) is 1.99. The van der Waals surface area contributed by atoms with Crippen molar-refractivity contribution in [1.82, 2.24) is 15.8 Å². The second-order valence-electron chi connectivity index (χ2n) is 4.60. The minimum atomic E-state index is -1.11. The van der Waals surface area contributed by atoms with Crippen LogP contribution in [0.1, 0.15) is 12.7 Å². The van der Waals surface area contributed by atoms with E-state index < -0.39 is 23.5 Å². The van der Waals surface area contributed by atoms with Crippen LogP contribution in [-0.4, -0.2) is 41.5 Å². The van der Waals surface area contributed by atoms with Crippen LogP contribution in [-0.2, 0) is 16.1 Å². The largest absolute Gasteiger partial charge is 0.481 e. The van der Waals surface area contributed by atoms with E-state index in [-0.39, 0.29) is 19.8 Å². The molecule has 0 saturated carbocycles. The number of nitrogens with one attached hydrogen (secondary N) is 2. The number of ether oxygens (including phenoxy) is 1. The van der Waals surface area contributed by atoms with Crippen molar-refractivity contribution in [2.75, 3.05) is 13.2 Å². The molecule has 0 bridgehead atoms. The molecule has 0 radical (unpaired) electrons. The monoisotopic (exact) mass is 269 g/mol. The number of carbonyl (C=O) groups excluding carboxylic acids is 1. The molecule has 2 heterocycles. The molecule has 1 aromatic heterocycles. The highest BCUT2D eigenvalue weighted by atomic mass is 16.5. The molecule has 2 unspecified atom stereocenters. The Hall–Kier alpha value is -2.09. The first kappa shape index (κ1) is 13.3. The Morgan fingerprint density at radius 3 is 3.05 bits per heavy atom. The number of hydrogen-bond donors (Lipinski definition) is 3. The van der Waals surface area contributed by atoms with Crippen LogP contribution in [0.25, 0.3) is 0 Å². The maximum atomic E-state index is 11.7. The highest BCUT2D eigenvalue weighted by Crippen LogP contribution is 2.28. The molecule has 3 N–H and O–H groups in total. The van der Waals surface area contributed by atoms with Crippen molar-refractivity contribution in [2.45, 2.75) is 19.5 Å². The number of aromatic nitrogens is 1. The van der Waals surface area contributed by atoms with Crippen LogP contribution in [0, 0.1) is 5.41 Å². The summed E-state index contributed by atoms with van der Waals surface area (Å²) in [5.74, 6) is -0.482. The average molecular weight is 269 g/mol. The van der Waals surface area contributed by atoms with Crippen LogP contribution in [0.5, 0.6) is 0 Å². The van der Waals surface area contributed by atoms with E-state index in [1.165, 1.54) is 6.20 Å². The zero-order valence-electron chi connectivity index (χ0n) is 10.4. The van der Waals surface area contributed by atoms with E-state index in [4.69, 9.17) is 14.4 Å². The van der Waals surface area contributed by atoms with Gasteiger partial charge in [-0.25, -0.2) is 4.79 Å². The van der Waals surface area contributed by atoms with Gasteiger partial charge in [-0.2, -0.15) is 0 Å². The summed E-state index contributed by atoms with van der Waals surface area (Å²) in [6.07, 6.45) is 1.47. The number of nitrogens with zero attached hydrogens (tertiary/aromatic N) is 1. The number of hydrogen-bond acceptors (Lipinski definition) is 5. The molecule has 1 aliphatic heterocycles. The lowest BCUT2D eigenvalue weighted by Gasteiger charge is -2.25. The minimum Gasteiger partial charge on any atom is -0.481 e. The van der Waals surface area contributed by atoms with Gasteiger partial charge in [0.25, 0.3) is 0 Å². The number of carboxylic acids is 1. The molecule has 1 fully saturated rings. The summed E-state index contributed by atoms with van der Waals surface area (Å²) in [5.41, 5.74) is -1.11. The van der Waals surface area contributed by atoms with E-state index >= 15 is 0 Å². The van der Waals surface area contributed by atoms with Crippen LogP contribution >= 0.6 is 0 Å². The third-order valence-electron chi connectivity index (χ3n) is 3.16. The van der Waals surface area contributed by atoms with Crippen LogP contribution in [0.15, 0.2) is 16.8 Å². The Morgan fingerprint density at radius 2 is 2.42 bits per heavy atom. The van der Waals surface area contributed by atoms with E-state index in [0.717, 1.165) is 0 Å². The zero-order chi connectivity index (χ0) is 13.9. The van der Waals surface area contributed by atoms with Gasteiger partial charge in [0.1, 0.15) is 5.41 Å². The number of rotatable bonds is 4. The smallest absolute Gasteiger partial charge is 0.315 e. The maximum absolute atomic E-state index is 11.7. The topological polar surface area (TPSA) is 114 Å². The number of aliphatic carboxylic acids is 1. The highest BCUT2D eigenvalue weighted by Gasteiger charge is 2.47. The Balaban J connectivity index is 1.86. The van der Waals surface area contributed by atoms with Crippen molar-refractivity contribution in [3.05, 3.63) is 18.0 Å². The van der Waals surface area contributed by atoms with Gasteiger partial charge in [-0.15, -0.1) is 0 Å². The van der Waals surface area contributed by atoms with Gasteiger partial charge >= 0.3 is 12.0 Å². The predicted octanol–water partition coefficient (Wildman–Crippen LogP) is -0.0365. The summed E-state index contributed by atoms with van der Waals surface area (Å²) in [4.78, 5) is 22.9. The molecule has 19 heavy (non-hydrogen) atoms. The molecule has 2 amide bonds. The minimum absolute atomic E-state index is 0.0788. The van der Waals surface area contributed by atoms with Crippen molar-refractivity contribution >= 4 is 12.0 Å². The lowest BCUT2D eigenvalue weighted by Crippen LogP contribution is -2.52. The normalized spacial score (nSPS) is 26.1. The highest BCUT2D eigenvalue weighted by molar-refractivity contribution is 5.79. The predicted molar refractivity (Wildman–Crippen MR) is 62.2 cm³/mol. The van der Waals surface area contributed by atoms with Crippen LogP contribution in [0.3, 0.4) is 0 Å². The zero-order valence-corrected chi connectivity index (χ0v) is 10.4.